The van der Waals surface area contributed by atoms with Crippen molar-refractivity contribution in [3.05, 3.63) is 24.3 Å². The van der Waals surface area contributed by atoms with Gasteiger partial charge >= 0.3 is 6.18 Å². The number of halogens is 3. The molecule has 2 rings (SSSR count). The Bertz CT molecular complexity index is 581. The molecule has 0 radical (unpaired) electrons. The molecule has 6 nitrogen and oxygen atoms in total. The third-order valence-electron chi connectivity index (χ3n) is 2.12. The Morgan fingerprint density at radius 2 is 2.05 bits per heavy atom. The van der Waals surface area contributed by atoms with E-state index in [0.29, 0.717) is 0 Å². The normalized spacial score (nSPS) is 11.4. The van der Waals surface area contributed by atoms with Gasteiger partial charge in [0.25, 0.3) is 0 Å². The summed E-state index contributed by atoms with van der Waals surface area (Å²) in [6, 6.07) is 1.27. The summed E-state index contributed by atoms with van der Waals surface area (Å²) in [7, 11) is 3.11. The van der Waals surface area contributed by atoms with E-state index in [1.165, 1.54) is 30.2 Å². The Morgan fingerprint density at radius 3 is 2.58 bits per heavy atom. The van der Waals surface area contributed by atoms with E-state index < -0.39 is 12.0 Å². The van der Waals surface area contributed by atoms with E-state index in [1.807, 2.05) is 0 Å². The lowest BCUT2D eigenvalue weighted by molar-refractivity contribution is -0.145. The van der Waals surface area contributed by atoms with Crippen LogP contribution in [-0.4, -0.2) is 26.8 Å². The number of nitrogens with zero attached hydrogens (tertiary/aromatic N) is 4. The van der Waals surface area contributed by atoms with Gasteiger partial charge in [0.2, 0.25) is 11.7 Å². The monoisotopic (exact) mass is 273 g/mol. The van der Waals surface area contributed by atoms with Crippen LogP contribution in [0.15, 0.2) is 18.5 Å². The molecule has 0 aliphatic rings. The number of aromatic nitrogens is 4. The topological polar surface area (TPSA) is 64.9 Å². The number of hydrogen-bond acceptors (Lipinski definition) is 5. The van der Waals surface area contributed by atoms with Gasteiger partial charge in [0, 0.05) is 20.2 Å². The van der Waals surface area contributed by atoms with Gasteiger partial charge in [-0.05, 0) is 0 Å². The maximum Gasteiger partial charge on any atom is 0.451 e. The Morgan fingerprint density at radius 1 is 1.32 bits per heavy atom. The molecule has 0 saturated carbocycles. The summed E-state index contributed by atoms with van der Waals surface area (Å²) in [6.45, 7) is 0. The highest BCUT2D eigenvalue weighted by atomic mass is 19.4. The van der Waals surface area contributed by atoms with Crippen LogP contribution in [0, 0.1) is 0 Å². The van der Waals surface area contributed by atoms with Crippen LogP contribution in [0.2, 0.25) is 0 Å². The molecule has 0 aliphatic heterocycles. The molecular formula is C10H10F3N5O. The van der Waals surface area contributed by atoms with Crippen LogP contribution in [-0.2, 0) is 13.2 Å². The fourth-order valence-corrected chi connectivity index (χ4v) is 1.30. The summed E-state index contributed by atoms with van der Waals surface area (Å²) in [5.41, 5.74) is 0. The van der Waals surface area contributed by atoms with Gasteiger partial charge in [-0.25, -0.2) is 4.98 Å². The summed E-state index contributed by atoms with van der Waals surface area (Å²) in [4.78, 5) is 6.64. The maximum absolute atomic E-state index is 12.6. The van der Waals surface area contributed by atoms with Crippen molar-refractivity contribution < 1.29 is 17.9 Å². The molecule has 0 saturated heterocycles. The van der Waals surface area contributed by atoms with Crippen LogP contribution in [0.5, 0.6) is 11.6 Å². The number of hydrogen-bond donors (Lipinski definition) is 1. The van der Waals surface area contributed by atoms with Crippen molar-refractivity contribution in [2.75, 3.05) is 12.4 Å². The van der Waals surface area contributed by atoms with Crippen LogP contribution < -0.4 is 10.1 Å². The molecule has 2 heterocycles. The van der Waals surface area contributed by atoms with Gasteiger partial charge < -0.3 is 10.1 Å². The van der Waals surface area contributed by atoms with E-state index >= 15 is 0 Å². The second-order valence-corrected chi connectivity index (χ2v) is 3.61. The van der Waals surface area contributed by atoms with E-state index in [9.17, 15) is 13.2 Å². The van der Waals surface area contributed by atoms with E-state index in [-0.39, 0.29) is 17.4 Å². The molecule has 0 aliphatic carbocycles. The number of alkyl halides is 3. The predicted molar refractivity (Wildman–Crippen MR) is 59.9 cm³/mol. The first-order valence-electron chi connectivity index (χ1n) is 5.19. The fraction of sp³-hybridized carbons (Fsp3) is 0.300. The van der Waals surface area contributed by atoms with Gasteiger partial charge in [-0.2, -0.15) is 23.3 Å². The van der Waals surface area contributed by atoms with Crippen molar-refractivity contribution in [2.24, 2.45) is 7.05 Å². The van der Waals surface area contributed by atoms with E-state index in [4.69, 9.17) is 4.74 Å². The maximum atomic E-state index is 12.6. The van der Waals surface area contributed by atoms with Crippen molar-refractivity contribution in [1.29, 1.82) is 0 Å². The molecule has 9 heteroatoms. The van der Waals surface area contributed by atoms with Crippen molar-refractivity contribution >= 4 is 5.82 Å². The zero-order valence-corrected chi connectivity index (χ0v) is 10.1. The van der Waals surface area contributed by atoms with Gasteiger partial charge in [-0.3, -0.25) is 4.68 Å². The number of nitrogens with one attached hydrogen (secondary N) is 1. The Balaban J connectivity index is 2.34. The molecule has 0 atom stereocenters. The Labute approximate surface area is 106 Å². The first-order valence-corrected chi connectivity index (χ1v) is 5.19. The quantitative estimate of drug-likeness (QED) is 0.927. The standard InChI is InChI=1S/C10H10F3N5O/c1-14-7-3-8(17-9(16-7)10(11,12)13)19-6-4-15-18(2)5-6/h3-5H,1-2H3,(H,14,16,17). The minimum absolute atomic E-state index is 0.0150. The Kier molecular flexibility index (Phi) is 3.28. The zero-order chi connectivity index (χ0) is 14.0. The van der Waals surface area contributed by atoms with Gasteiger partial charge in [0.05, 0.1) is 12.4 Å². The Hall–Kier alpha value is -2.32. The smallest absolute Gasteiger partial charge is 0.436 e. The van der Waals surface area contributed by atoms with Crippen LogP contribution in [0.25, 0.3) is 0 Å². The van der Waals surface area contributed by atoms with Crippen molar-refractivity contribution in [3.8, 4) is 11.6 Å². The minimum Gasteiger partial charge on any atom is -0.436 e. The summed E-state index contributed by atoms with van der Waals surface area (Å²) < 4.78 is 44.5. The third-order valence-corrected chi connectivity index (χ3v) is 2.12. The van der Waals surface area contributed by atoms with Gasteiger partial charge in [-0.1, -0.05) is 0 Å². The first-order chi connectivity index (χ1) is 8.88. The number of rotatable bonds is 3. The lowest BCUT2D eigenvalue weighted by Gasteiger charge is -2.09. The molecular weight excluding hydrogens is 263 g/mol. The van der Waals surface area contributed by atoms with Crippen LogP contribution in [0.1, 0.15) is 5.82 Å². The predicted octanol–water partition coefficient (Wildman–Crippen LogP) is 2.06. The van der Waals surface area contributed by atoms with E-state index in [1.54, 1.807) is 7.05 Å². The SMILES string of the molecule is CNc1cc(Oc2cnn(C)c2)nc(C(F)(F)F)n1. The van der Waals surface area contributed by atoms with Gasteiger partial charge in [0.1, 0.15) is 5.82 Å². The number of anilines is 1. The highest BCUT2D eigenvalue weighted by Gasteiger charge is 2.35. The minimum atomic E-state index is -4.64. The number of ether oxygens (including phenoxy) is 1. The molecule has 19 heavy (non-hydrogen) atoms. The van der Waals surface area contributed by atoms with Crippen molar-refractivity contribution in [3.63, 3.8) is 0 Å². The summed E-state index contributed by atoms with van der Waals surface area (Å²) in [5.74, 6) is -1.17. The second kappa shape index (κ2) is 4.75. The highest BCUT2D eigenvalue weighted by Crippen LogP contribution is 2.30. The molecule has 0 amide bonds. The van der Waals surface area contributed by atoms with Gasteiger partial charge in [0.15, 0.2) is 5.75 Å². The molecule has 0 fully saturated rings. The lowest BCUT2D eigenvalue weighted by Crippen LogP contribution is -2.12. The molecule has 0 unspecified atom stereocenters. The second-order valence-electron chi connectivity index (χ2n) is 3.61. The molecule has 1 N–H and O–H groups in total. The molecule has 2 aromatic heterocycles. The molecule has 102 valence electrons. The fourth-order valence-electron chi connectivity index (χ4n) is 1.30. The van der Waals surface area contributed by atoms with Crippen molar-refractivity contribution in [1.82, 2.24) is 19.7 Å². The summed E-state index contributed by atoms with van der Waals surface area (Å²) in [6.07, 6.45) is -1.76. The zero-order valence-electron chi connectivity index (χ0n) is 10.1. The average molecular weight is 273 g/mol. The molecule has 0 spiro atoms. The number of aryl methyl sites for hydroxylation is 1. The largest absolute Gasteiger partial charge is 0.451 e. The van der Waals surface area contributed by atoms with Crippen LogP contribution in [0.3, 0.4) is 0 Å². The summed E-state index contributed by atoms with van der Waals surface area (Å²) in [5, 5.41) is 6.36. The molecule has 0 bridgehead atoms. The first kappa shape index (κ1) is 13.1. The van der Waals surface area contributed by atoms with E-state index in [2.05, 4.69) is 20.4 Å². The third kappa shape index (κ3) is 3.12. The van der Waals surface area contributed by atoms with Crippen molar-refractivity contribution in [2.45, 2.75) is 6.18 Å². The van der Waals surface area contributed by atoms with E-state index in [0.717, 1.165) is 0 Å². The molecule has 0 aromatic carbocycles. The van der Waals surface area contributed by atoms with Crippen LogP contribution in [0.4, 0.5) is 19.0 Å². The average Bonchev–Trinajstić information content (AvgIpc) is 2.73. The molecule has 2 aromatic rings. The summed E-state index contributed by atoms with van der Waals surface area (Å²) >= 11 is 0. The van der Waals surface area contributed by atoms with Crippen LogP contribution >= 0.6 is 0 Å². The lowest BCUT2D eigenvalue weighted by atomic mass is 10.5. The highest BCUT2D eigenvalue weighted by molar-refractivity contribution is 5.39. The van der Waals surface area contributed by atoms with Gasteiger partial charge in [-0.15, -0.1) is 0 Å².